The summed E-state index contributed by atoms with van der Waals surface area (Å²) in [6, 6.07) is 8.62. The zero-order valence-electron chi connectivity index (χ0n) is 12.4. The van der Waals surface area contributed by atoms with Crippen molar-refractivity contribution in [3.63, 3.8) is 0 Å². The number of allylic oxidation sites excluding steroid dienone is 2. The number of rotatable bonds is 2. The van der Waals surface area contributed by atoms with Crippen LogP contribution in [0.15, 0.2) is 42.5 Å². The topological polar surface area (TPSA) is 66.5 Å². The Morgan fingerprint density at radius 2 is 1.57 bits per heavy atom. The molecule has 0 unspecified atom stereocenters. The summed E-state index contributed by atoms with van der Waals surface area (Å²) in [6.07, 6.45) is 6.46. The van der Waals surface area contributed by atoms with Gasteiger partial charge >= 0.3 is 0 Å². The molecule has 5 heteroatoms. The van der Waals surface area contributed by atoms with Gasteiger partial charge in [0.1, 0.15) is 0 Å². The Balaban J connectivity index is 1.42. The molecular weight excluding hydrogens is 292 g/mol. The molecule has 1 heterocycles. The summed E-state index contributed by atoms with van der Waals surface area (Å²) in [6.45, 7) is 0. The first-order valence-electron chi connectivity index (χ1n) is 8.06. The maximum atomic E-state index is 12.7. The second-order valence-electron chi connectivity index (χ2n) is 7.04. The van der Waals surface area contributed by atoms with Crippen LogP contribution >= 0.6 is 0 Å². The quantitative estimate of drug-likeness (QED) is 0.665. The van der Waals surface area contributed by atoms with E-state index in [1.807, 2.05) is 6.07 Å². The lowest BCUT2D eigenvalue weighted by atomic mass is 9.85. The number of nitrogens with one attached hydrogen (secondary N) is 1. The smallest absolute Gasteiger partial charge is 0.270 e. The molecule has 5 nitrogen and oxygen atoms in total. The Labute approximate surface area is 133 Å². The SMILES string of the molecule is O=C(NN1C(=O)[C@@H]2[C@H](C1=O)[C@H]1C=C[C@@H]2C12CC2)c1ccccc1. The molecule has 3 aliphatic carbocycles. The van der Waals surface area contributed by atoms with Gasteiger partial charge in [0, 0.05) is 5.56 Å². The summed E-state index contributed by atoms with van der Waals surface area (Å²) in [5.74, 6) is -1.12. The zero-order chi connectivity index (χ0) is 15.8. The van der Waals surface area contributed by atoms with Gasteiger partial charge in [-0.15, -0.1) is 0 Å². The van der Waals surface area contributed by atoms with Crippen LogP contribution < -0.4 is 5.43 Å². The molecule has 116 valence electrons. The number of carbonyl (C=O) groups is 3. The molecule has 23 heavy (non-hydrogen) atoms. The van der Waals surface area contributed by atoms with Gasteiger partial charge in [0.2, 0.25) is 0 Å². The Kier molecular flexibility index (Phi) is 2.33. The Morgan fingerprint density at radius 3 is 2.09 bits per heavy atom. The van der Waals surface area contributed by atoms with Gasteiger partial charge in [-0.05, 0) is 42.2 Å². The van der Waals surface area contributed by atoms with Crippen molar-refractivity contribution >= 4 is 17.7 Å². The lowest BCUT2D eigenvalue weighted by molar-refractivity contribution is -0.144. The summed E-state index contributed by atoms with van der Waals surface area (Å²) >= 11 is 0. The minimum Gasteiger partial charge on any atom is -0.272 e. The summed E-state index contributed by atoms with van der Waals surface area (Å²) < 4.78 is 0. The minimum absolute atomic E-state index is 0.174. The largest absolute Gasteiger partial charge is 0.272 e. The molecule has 1 N–H and O–H groups in total. The molecular formula is C18H16N2O3. The van der Waals surface area contributed by atoms with Gasteiger partial charge in [-0.1, -0.05) is 30.4 Å². The van der Waals surface area contributed by atoms with Crippen LogP contribution in [-0.4, -0.2) is 22.7 Å². The van der Waals surface area contributed by atoms with Gasteiger partial charge in [-0.2, -0.15) is 5.01 Å². The van der Waals surface area contributed by atoms with Crippen LogP contribution in [0.4, 0.5) is 0 Å². The number of imide groups is 1. The van der Waals surface area contributed by atoms with Crippen LogP contribution in [0.1, 0.15) is 23.2 Å². The molecule has 0 aromatic heterocycles. The molecule has 4 aliphatic rings. The van der Waals surface area contributed by atoms with E-state index in [0.717, 1.165) is 17.9 Å². The first kappa shape index (κ1) is 13.0. The molecule has 1 spiro atoms. The third-order valence-corrected chi connectivity index (χ3v) is 6.10. The van der Waals surface area contributed by atoms with Crippen molar-refractivity contribution in [2.75, 3.05) is 0 Å². The Morgan fingerprint density at radius 1 is 1.00 bits per heavy atom. The van der Waals surface area contributed by atoms with Crippen LogP contribution in [0, 0.1) is 29.1 Å². The van der Waals surface area contributed by atoms with E-state index in [1.54, 1.807) is 24.3 Å². The zero-order valence-corrected chi connectivity index (χ0v) is 12.4. The highest BCUT2D eigenvalue weighted by molar-refractivity contribution is 6.09. The van der Waals surface area contributed by atoms with E-state index in [-0.39, 0.29) is 40.9 Å². The molecule has 1 saturated heterocycles. The predicted molar refractivity (Wildman–Crippen MR) is 80.5 cm³/mol. The number of fused-ring (bicyclic) bond motifs is 3. The number of hydrazine groups is 1. The summed E-state index contributed by atoms with van der Waals surface area (Å²) in [7, 11) is 0. The fourth-order valence-electron chi connectivity index (χ4n) is 4.94. The average molecular weight is 308 g/mol. The monoisotopic (exact) mass is 308 g/mol. The van der Waals surface area contributed by atoms with Gasteiger partial charge in [0.25, 0.3) is 17.7 Å². The van der Waals surface area contributed by atoms with E-state index >= 15 is 0 Å². The van der Waals surface area contributed by atoms with Gasteiger partial charge in [-0.25, -0.2) is 0 Å². The highest BCUT2D eigenvalue weighted by atomic mass is 16.2. The minimum atomic E-state index is -0.422. The van der Waals surface area contributed by atoms with E-state index < -0.39 is 5.91 Å². The van der Waals surface area contributed by atoms with Crippen LogP contribution in [0.5, 0.6) is 0 Å². The lowest BCUT2D eigenvalue weighted by Gasteiger charge is -2.21. The standard InChI is InChI=1S/C18H16N2O3/c21-15(10-4-2-1-3-5-10)19-20-16(22)13-11-6-7-12(14(13)17(20)23)18(11)8-9-18/h1-7,11-14H,8-9H2,(H,19,21)/t11-,12+,13-,14+. The first-order valence-corrected chi connectivity index (χ1v) is 8.06. The molecule has 2 bridgehead atoms. The molecule has 1 aromatic rings. The molecule has 0 radical (unpaired) electrons. The molecule has 3 amide bonds. The van der Waals surface area contributed by atoms with Crippen molar-refractivity contribution in [3.8, 4) is 0 Å². The maximum absolute atomic E-state index is 12.7. The maximum Gasteiger partial charge on any atom is 0.270 e. The van der Waals surface area contributed by atoms with Crippen molar-refractivity contribution in [2.24, 2.45) is 29.1 Å². The first-order chi connectivity index (χ1) is 11.1. The van der Waals surface area contributed by atoms with Gasteiger partial charge < -0.3 is 0 Å². The Hall–Kier alpha value is -2.43. The summed E-state index contributed by atoms with van der Waals surface area (Å²) in [4.78, 5) is 37.7. The average Bonchev–Trinajstić information content (AvgIpc) is 3.18. The van der Waals surface area contributed by atoms with E-state index in [1.165, 1.54) is 0 Å². The van der Waals surface area contributed by atoms with Crippen molar-refractivity contribution in [2.45, 2.75) is 12.8 Å². The van der Waals surface area contributed by atoms with E-state index in [9.17, 15) is 14.4 Å². The van der Waals surface area contributed by atoms with Crippen LogP contribution in [0.2, 0.25) is 0 Å². The number of hydrogen-bond donors (Lipinski definition) is 1. The number of benzene rings is 1. The molecule has 1 aromatic carbocycles. The number of amides is 3. The molecule has 1 aliphatic heterocycles. The van der Waals surface area contributed by atoms with E-state index in [4.69, 9.17) is 0 Å². The number of hydrogen-bond acceptors (Lipinski definition) is 3. The predicted octanol–water partition coefficient (Wildman–Crippen LogP) is 1.53. The summed E-state index contributed by atoms with van der Waals surface area (Å²) in [5, 5.41) is 0.965. The lowest BCUT2D eigenvalue weighted by Crippen LogP contribution is -2.47. The Bertz CT molecular complexity index is 732. The highest BCUT2D eigenvalue weighted by Crippen LogP contribution is 2.73. The molecule has 3 fully saturated rings. The van der Waals surface area contributed by atoms with Crippen LogP contribution in [-0.2, 0) is 9.59 Å². The van der Waals surface area contributed by atoms with Crippen molar-refractivity contribution in [3.05, 3.63) is 48.0 Å². The van der Waals surface area contributed by atoms with Crippen molar-refractivity contribution in [1.29, 1.82) is 0 Å². The second kappa shape index (κ2) is 4.10. The van der Waals surface area contributed by atoms with Crippen LogP contribution in [0.25, 0.3) is 0 Å². The molecule has 5 rings (SSSR count). The fourth-order valence-corrected chi connectivity index (χ4v) is 4.94. The third kappa shape index (κ3) is 1.49. The normalized spacial score (nSPS) is 35.0. The van der Waals surface area contributed by atoms with Gasteiger partial charge in [-0.3, -0.25) is 19.8 Å². The van der Waals surface area contributed by atoms with Gasteiger partial charge in [0.05, 0.1) is 11.8 Å². The van der Waals surface area contributed by atoms with E-state index in [2.05, 4.69) is 17.6 Å². The van der Waals surface area contributed by atoms with Gasteiger partial charge in [0.15, 0.2) is 0 Å². The highest BCUT2D eigenvalue weighted by Gasteiger charge is 2.73. The number of carbonyl (C=O) groups excluding carboxylic acids is 3. The van der Waals surface area contributed by atoms with Crippen molar-refractivity contribution < 1.29 is 14.4 Å². The van der Waals surface area contributed by atoms with Crippen molar-refractivity contribution in [1.82, 2.24) is 10.4 Å². The molecule has 2 saturated carbocycles. The van der Waals surface area contributed by atoms with Crippen LogP contribution in [0.3, 0.4) is 0 Å². The van der Waals surface area contributed by atoms with E-state index in [0.29, 0.717) is 5.56 Å². The second-order valence-corrected chi connectivity index (χ2v) is 7.04. The summed E-state index contributed by atoms with van der Waals surface area (Å²) in [5.41, 5.74) is 3.12. The third-order valence-electron chi connectivity index (χ3n) is 6.10. The molecule has 4 atom stereocenters. The fraction of sp³-hybridized carbons (Fsp3) is 0.389. The number of nitrogens with zero attached hydrogens (tertiary/aromatic N) is 1.